The number of H-pyrrole nitrogens is 1. The van der Waals surface area contributed by atoms with Crippen LogP contribution in [-0.4, -0.2) is 15.9 Å². The summed E-state index contributed by atoms with van der Waals surface area (Å²) in [5, 5.41) is 6.26. The summed E-state index contributed by atoms with van der Waals surface area (Å²) in [5.74, 6) is 1.71. The van der Waals surface area contributed by atoms with Gasteiger partial charge < -0.3 is 15.0 Å². The van der Waals surface area contributed by atoms with Crippen molar-refractivity contribution in [2.24, 2.45) is 5.41 Å². The Labute approximate surface area is 162 Å². The molecule has 2 aliphatic carbocycles. The third-order valence-corrected chi connectivity index (χ3v) is 6.31. The van der Waals surface area contributed by atoms with E-state index in [1.165, 1.54) is 23.8 Å². The molecule has 140 valence electrons. The largest absolute Gasteiger partial charge is 0.487 e. The zero-order valence-corrected chi connectivity index (χ0v) is 16.2. The second-order valence-corrected chi connectivity index (χ2v) is 8.78. The van der Waals surface area contributed by atoms with Gasteiger partial charge in [-0.3, -0.25) is 4.79 Å². The van der Waals surface area contributed by atoms with Crippen LogP contribution in [0.15, 0.2) is 29.1 Å². The molecule has 6 heteroatoms. The van der Waals surface area contributed by atoms with Gasteiger partial charge in [0.15, 0.2) is 0 Å². The Bertz CT molecular complexity index is 984. The SMILES string of the molecule is CC1(C(=O)NCc2cc3cc(C4CC4)c(OCc4cscn4)cc3[nH]2)CC1. The fraction of sp³-hybridized carbons (Fsp3) is 0.429. The summed E-state index contributed by atoms with van der Waals surface area (Å²) in [7, 11) is 0. The number of nitrogens with one attached hydrogen (secondary N) is 2. The van der Waals surface area contributed by atoms with Gasteiger partial charge in [0.1, 0.15) is 12.4 Å². The molecule has 2 aliphatic rings. The van der Waals surface area contributed by atoms with Crippen molar-refractivity contribution in [1.82, 2.24) is 15.3 Å². The fourth-order valence-electron chi connectivity index (χ4n) is 3.44. The minimum Gasteiger partial charge on any atom is -0.487 e. The predicted molar refractivity (Wildman–Crippen MR) is 106 cm³/mol. The van der Waals surface area contributed by atoms with Gasteiger partial charge in [0.2, 0.25) is 5.91 Å². The number of carbonyl (C=O) groups is 1. The lowest BCUT2D eigenvalue weighted by molar-refractivity contribution is -0.125. The van der Waals surface area contributed by atoms with Gasteiger partial charge in [-0.15, -0.1) is 11.3 Å². The molecule has 1 amide bonds. The number of hydrogen-bond donors (Lipinski definition) is 2. The molecule has 0 spiro atoms. The first-order chi connectivity index (χ1) is 13.1. The van der Waals surface area contributed by atoms with Crippen LogP contribution in [0.2, 0.25) is 0 Å². The molecule has 0 saturated heterocycles. The van der Waals surface area contributed by atoms with Crippen LogP contribution in [0.25, 0.3) is 10.9 Å². The van der Waals surface area contributed by atoms with Crippen molar-refractivity contribution in [2.45, 2.75) is 51.7 Å². The Hall–Kier alpha value is -2.34. The van der Waals surface area contributed by atoms with E-state index in [1.807, 2.05) is 17.8 Å². The Morgan fingerprint density at radius 3 is 2.93 bits per heavy atom. The number of nitrogens with zero attached hydrogens (tertiary/aromatic N) is 1. The minimum absolute atomic E-state index is 0.137. The van der Waals surface area contributed by atoms with Crippen LogP contribution in [0.3, 0.4) is 0 Å². The third-order valence-electron chi connectivity index (χ3n) is 5.67. The molecule has 0 aliphatic heterocycles. The Balaban J connectivity index is 1.36. The smallest absolute Gasteiger partial charge is 0.226 e. The fourth-order valence-corrected chi connectivity index (χ4v) is 3.98. The van der Waals surface area contributed by atoms with Crippen molar-refractivity contribution in [2.75, 3.05) is 0 Å². The molecule has 0 radical (unpaired) electrons. The monoisotopic (exact) mass is 381 g/mol. The molecule has 0 unspecified atom stereocenters. The van der Waals surface area contributed by atoms with Crippen molar-refractivity contribution in [3.63, 3.8) is 0 Å². The van der Waals surface area contributed by atoms with Crippen molar-refractivity contribution in [3.8, 4) is 5.75 Å². The lowest BCUT2D eigenvalue weighted by Crippen LogP contribution is -2.29. The van der Waals surface area contributed by atoms with Crippen LogP contribution in [0.4, 0.5) is 0 Å². The van der Waals surface area contributed by atoms with Crippen molar-refractivity contribution in [3.05, 3.63) is 46.0 Å². The zero-order chi connectivity index (χ0) is 18.4. The van der Waals surface area contributed by atoms with Gasteiger partial charge in [0.05, 0.1) is 17.7 Å². The molecule has 0 bridgehead atoms. The van der Waals surface area contributed by atoms with E-state index in [0.29, 0.717) is 19.1 Å². The number of fused-ring (bicyclic) bond motifs is 1. The number of ether oxygens (including phenoxy) is 1. The highest BCUT2D eigenvalue weighted by atomic mass is 32.1. The van der Waals surface area contributed by atoms with Gasteiger partial charge in [0, 0.05) is 33.5 Å². The summed E-state index contributed by atoms with van der Waals surface area (Å²) in [6, 6.07) is 6.48. The second kappa shape index (κ2) is 6.37. The van der Waals surface area contributed by atoms with Gasteiger partial charge in [-0.05, 0) is 49.3 Å². The first-order valence-corrected chi connectivity index (χ1v) is 10.5. The highest BCUT2D eigenvalue weighted by Gasteiger charge is 2.44. The van der Waals surface area contributed by atoms with E-state index < -0.39 is 0 Å². The minimum atomic E-state index is -0.137. The molecule has 27 heavy (non-hydrogen) atoms. The Morgan fingerprint density at radius 1 is 1.37 bits per heavy atom. The topological polar surface area (TPSA) is 67.0 Å². The number of benzene rings is 1. The van der Waals surface area contributed by atoms with Gasteiger partial charge in [-0.25, -0.2) is 4.98 Å². The molecule has 2 N–H and O–H groups in total. The van der Waals surface area contributed by atoms with Crippen LogP contribution >= 0.6 is 11.3 Å². The molecule has 5 rings (SSSR count). The predicted octanol–water partition coefficient (Wildman–Crippen LogP) is 4.50. The summed E-state index contributed by atoms with van der Waals surface area (Å²) < 4.78 is 6.11. The standard InChI is InChI=1S/C21H23N3O2S/c1-21(4-5-21)20(25)22-9-15-6-14-7-17(13-2-3-13)19(8-18(14)24-15)26-10-16-11-27-12-23-16/h6-8,11-13,24H,2-5,9-10H2,1H3,(H,22,25). The maximum atomic E-state index is 12.2. The number of thiazole rings is 1. The summed E-state index contributed by atoms with van der Waals surface area (Å²) in [5.41, 5.74) is 6.03. The maximum Gasteiger partial charge on any atom is 0.226 e. The quantitative estimate of drug-likeness (QED) is 0.633. The van der Waals surface area contributed by atoms with Gasteiger partial charge in [0.25, 0.3) is 0 Å². The van der Waals surface area contributed by atoms with E-state index in [-0.39, 0.29) is 11.3 Å². The number of hydrogen-bond acceptors (Lipinski definition) is 4. The molecule has 0 atom stereocenters. The van der Waals surface area contributed by atoms with E-state index in [4.69, 9.17) is 4.74 Å². The van der Waals surface area contributed by atoms with Crippen molar-refractivity contribution in [1.29, 1.82) is 0 Å². The van der Waals surface area contributed by atoms with E-state index in [9.17, 15) is 4.79 Å². The first-order valence-electron chi connectivity index (χ1n) is 9.54. The van der Waals surface area contributed by atoms with Gasteiger partial charge in [-0.2, -0.15) is 0 Å². The highest BCUT2D eigenvalue weighted by molar-refractivity contribution is 7.07. The molecule has 2 heterocycles. The molecule has 5 nitrogen and oxygen atoms in total. The number of aromatic nitrogens is 2. The van der Waals surface area contributed by atoms with Crippen LogP contribution in [0.1, 0.15) is 55.5 Å². The van der Waals surface area contributed by atoms with E-state index >= 15 is 0 Å². The number of amides is 1. The molecule has 2 fully saturated rings. The average Bonchev–Trinajstić information content (AvgIpc) is 3.55. The number of rotatable bonds is 7. The summed E-state index contributed by atoms with van der Waals surface area (Å²) in [6.07, 6.45) is 4.45. The Kier molecular flexibility index (Phi) is 3.97. The molecule has 2 aromatic heterocycles. The summed E-state index contributed by atoms with van der Waals surface area (Å²) in [6.45, 7) is 3.06. The molecular weight excluding hydrogens is 358 g/mol. The summed E-state index contributed by atoms with van der Waals surface area (Å²) in [4.78, 5) is 19.9. The normalized spacial score (nSPS) is 17.8. The van der Waals surface area contributed by atoms with Gasteiger partial charge >= 0.3 is 0 Å². The van der Waals surface area contributed by atoms with Crippen molar-refractivity contribution >= 4 is 28.1 Å². The lowest BCUT2D eigenvalue weighted by Gasteiger charge is -2.10. The lowest BCUT2D eigenvalue weighted by atomic mass is 10.1. The maximum absolute atomic E-state index is 12.2. The van der Waals surface area contributed by atoms with Crippen LogP contribution in [-0.2, 0) is 17.9 Å². The van der Waals surface area contributed by atoms with Crippen molar-refractivity contribution < 1.29 is 9.53 Å². The summed E-state index contributed by atoms with van der Waals surface area (Å²) >= 11 is 1.59. The van der Waals surface area contributed by atoms with E-state index in [0.717, 1.165) is 35.5 Å². The second-order valence-electron chi connectivity index (χ2n) is 8.06. The molecule has 3 aromatic rings. The number of aromatic amines is 1. The average molecular weight is 382 g/mol. The van der Waals surface area contributed by atoms with Gasteiger partial charge in [-0.1, -0.05) is 6.92 Å². The molecular formula is C21H23N3O2S. The highest BCUT2D eigenvalue weighted by Crippen LogP contribution is 2.46. The van der Waals surface area contributed by atoms with E-state index in [2.05, 4.69) is 33.5 Å². The van der Waals surface area contributed by atoms with Crippen LogP contribution < -0.4 is 10.1 Å². The van der Waals surface area contributed by atoms with Crippen LogP contribution in [0.5, 0.6) is 5.75 Å². The Morgan fingerprint density at radius 2 is 2.22 bits per heavy atom. The third kappa shape index (κ3) is 3.46. The van der Waals surface area contributed by atoms with E-state index in [1.54, 1.807) is 11.3 Å². The molecule has 1 aromatic carbocycles. The first kappa shape index (κ1) is 16.8. The zero-order valence-electron chi connectivity index (χ0n) is 15.4. The van der Waals surface area contributed by atoms with Crippen LogP contribution in [0, 0.1) is 5.41 Å². The molecule has 2 saturated carbocycles. The number of carbonyl (C=O) groups excluding carboxylic acids is 1.